The Labute approximate surface area is 109 Å². The molecule has 2 N–H and O–H groups in total. The predicted octanol–water partition coefficient (Wildman–Crippen LogP) is 1.62. The number of nitrogens with one attached hydrogen (secondary N) is 2. The number of aryl methyl sites for hydroxylation is 1. The van der Waals surface area contributed by atoms with Crippen LogP contribution in [0.5, 0.6) is 5.75 Å². The highest BCUT2D eigenvalue weighted by Gasteiger charge is 2.03. The molecule has 0 radical (unpaired) electrons. The highest BCUT2D eigenvalue weighted by molar-refractivity contribution is 5.78. The monoisotopic (exact) mass is 250 g/mol. The smallest absolute Gasteiger partial charge is 0.234 e. The highest BCUT2D eigenvalue weighted by Crippen LogP contribution is 2.18. The minimum atomic E-state index is 0.0113. The first-order valence-corrected chi connectivity index (χ1v) is 6.16. The van der Waals surface area contributed by atoms with E-state index >= 15 is 0 Å². The maximum atomic E-state index is 11.5. The van der Waals surface area contributed by atoms with Gasteiger partial charge in [0.1, 0.15) is 5.75 Å². The number of amides is 1. The van der Waals surface area contributed by atoms with Crippen LogP contribution < -0.4 is 15.4 Å². The fraction of sp³-hybridized carbons (Fsp3) is 0.500. The van der Waals surface area contributed by atoms with E-state index < -0.39 is 0 Å². The lowest BCUT2D eigenvalue weighted by Crippen LogP contribution is -2.36. The Bertz CT molecular complexity index is 403. The average Bonchev–Trinajstić information content (AvgIpc) is 2.34. The quantitative estimate of drug-likeness (QED) is 0.806. The van der Waals surface area contributed by atoms with Crippen LogP contribution in [0.4, 0.5) is 0 Å². The Kier molecular flexibility index (Phi) is 5.65. The molecule has 0 saturated heterocycles. The topological polar surface area (TPSA) is 50.4 Å². The molecule has 0 fully saturated rings. The van der Waals surface area contributed by atoms with Crippen LogP contribution in [-0.4, -0.2) is 25.6 Å². The molecule has 1 amide bonds. The van der Waals surface area contributed by atoms with Crippen LogP contribution in [-0.2, 0) is 11.3 Å². The van der Waals surface area contributed by atoms with Gasteiger partial charge in [-0.2, -0.15) is 0 Å². The van der Waals surface area contributed by atoms with Crippen molar-refractivity contribution in [3.63, 3.8) is 0 Å². The molecule has 100 valence electrons. The third-order valence-corrected chi connectivity index (χ3v) is 2.62. The second-order valence-electron chi connectivity index (χ2n) is 4.62. The minimum Gasteiger partial charge on any atom is -0.496 e. The molecule has 1 rings (SSSR count). The summed E-state index contributed by atoms with van der Waals surface area (Å²) in [5.41, 5.74) is 2.15. The van der Waals surface area contributed by atoms with E-state index in [1.807, 2.05) is 39.0 Å². The largest absolute Gasteiger partial charge is 0.496 e. The van der Waals surface area contributed by atoms with E-state index in [2.05, 4.69) is 10.6 Å². The van der Waals surface area contributed by atoms with E-state index in [1.54, 1.807) is 7.11 Å². The molecule has 18 heavy (non-hydrogen) atoms. The van der Waals surface area contributed by atoms with Crippen LogP contribution in [0.1, 0.15) is 25.0 Å². The molecule has 1 aromatic carbocycles. The van der Waals surface area contributed by atoms with Gasteiger partial charge in [-0.25, -0.2) is 0 Å². The first-order chi connectivity index (χ1) is 8.52. The summed E-state index contributed by atoms with van der Waals surface area (Å²) in [5.74, 6) is 0.878. The lowest BCUT2D eigenvalue weighted by atomic mass is 10.1. The molecule has 0 bridgehead atoms. The summed E-state index contributed by atoms with van der Waals surface area (Å²) in [6.45, 7) is 6.92. The summed E-state index contributed by atoms with van der Waals surface area (Å²) in [7, 11) is 1.65. The number of benzene rings is 1. The number of methoxy groups -OCH3 is 1. The summed E-state index contributed by atoms with van der Waals surface area (Å²) in [4.78, 5) is 11.5. The van der Waals surface area contributed by atoms with Crippen molar-refractivity contribution in [2.45, 2.75) is 33.4 Å². The van der Waals surface area contributed by atoms with Gasteiger partial charge in [0.05, 0.1) is 13.7 Å². The van der Waals surface area contributed by atoms with E-state index in [9.17, 15) is 4.79 Å². The molecule has 0 spiro atoms. The number of hydrogen-bond donors (Lipinski definition) is 2. The predicted molar refractivity (Wildman–Crippen MR) is 72.7 cm³/mol. The summed E-state index contributed by atoms with van der Waals surface area (Å²) in [6, 6.07) is 6.22. The van der Waals surface area contributed by atoms with Gasteiger partial charge in [-0.15, -0.1) is 0 Å². The van der Waals surface area contributed by atoms with Crippen molar-refractivity contribution in [2.24, 2.45) is 0 Å². The molecule has 0 aliphatic carbocycles. The highest BCUT2D eigenvalue weighted by atomic mass is 16.5. The molecular formula is C14H22N2O2. The number of rotatable bonds is 6. The Morgan fingerprint density at radius 3 is 2.67 bits per heavy atom. The molecule has 0 saturated carbocycles. The Hall–Kier alpha value is -1.55. The molecule has 1 aromatic rings. The lowest BCUT2D eigenvalue weighted by Gasteiger charge is -2.10. The van der Waals surface area contributed by atoms with Crippen molar-refractivity contribution < 1.29 is 9.53 Å². The molecule has 0 aliphatic heterocycles. The Morgan fingerprint density at radius 1 is 1.39 bits per heavy atom. The number of carbonyl (C=O) groups is 1. The molecule has 0 aromatic heterocycles. The van der Waals surface area contributed by atoms with E-state index in [1.165, 1.54) is 0 Å². The summed E-state index contributed by atoms with van der Waals surface area (Å²) in [5, 5.41) is 5.96. The Morgan fingerprint density at radius 2 is 2.11 bits per heavy atom. The van der Waals surface area contributed by atoms with Crippen LogP contribution in [0.2, 0.25) is 0 Å². The third-order valence-electron chi connectivity index (χ3n) is 2.62. The fourth-order valence-corrected chi connectivity index (χ4v) is 1.61. The van der Waals surface area contributed by atoms with Crippen LogP contribution in [0.3, 0.4) is 0 Å². The van der Waals surface area contributed by atoms with Gasteiger partial charge in [0, 0.05) is 12.6 Å². The van der Waals surface area contributed by atoms with Gasteiger partial charge in [-0.3, -0.25) is 4.79 Å². The van der Waals surface area contributed by atoms with Crippen molar-refractivity contribution in [2.75, 3.05) is 13.7 Å². The van der Waals surface area contributed by atoms with E-state index in [4.69, 9.17) is 4.74 Å². The first kappa shape index (κ1) is 14.5. The number of ether oxygens (including phenoxy) is 1. The number of hydrogen-bond acceptors (Lipinski definition) is 3. The Balaban J connectivity index is 2.43. The second kappa shape index (κ2) is 7.01. The van der Waals surface area contributed by atoms with Gasteiger partial charge < -0.3 is 15.4 Å². The third kappa shape index (κ3) is 4.75. The van der Waals surface area contributed by atoms with Crippen molar-refractivity contribution in [3.8, 4) is 5.75 Å². The van der Waals surface area contributed by atoms with Crippen LogP contribution >= 0.6 is 0 Å². The zero-order valence-electron chi connectivity index (χ0n) is 11.5. The molecule has 4 heteroatoms. The SMILES string of the molecule is COc1ccc(CNC(=O)CNC(C)C)cc1C. The summed E-state index contributed by atoms with van der Waals surface area (Å²) in [6.07, 6.45) is 0. The zero-order chi connectivity index (χ0) is 13.5. The molecular weight excluding hydrogens is 228 g/mol. The van der Waals surface area contributed by atoms with Crippen LogP contribution in [0, 0.1) is 6.92 Å². The second-order valence-corrected chi connectivity index (χ2v) is 4.62. The van der Waals surface area contributed by atoms with Gasteiger partial charge >= 0.3 is 0 Å². The molecule has 0 atom stereocenters. The zero-order valence-corrected chi connectivity index (χ0v) is 11.5. The minimum absolute atomic E-state index is 0.0113. The molecule has 0 heterocycles. The maximum Gasteiger partial charge on any atom is 0.234 e. The van der Waals surface area contributed by atoms with Crippen molar-refractivity contribution in [1.82, 2.24) is 10.6 Å². The summed E-state index contributed by atoms with van der Waals surface area (Å²) < 4.78 is 5.19. The fourth-order valence-electron chi connectivity index (χ4n) is 1.61. The van der Waals surface area contributed by atoms with E-state index in [0.29, 0.717) is 19.1 Å². The van der Waals surface area contributed by atoms with E-state index in [0.717, 1.165) is 16.9 Å². The van der Waals surface area contributed by atoms with Crippen LogP contribution in [0.25, 0.3) is 0 Å². The van der Waals surface area contributed by atoms with Gasteiger partial charge in [0.2, 0.25) is 5.91 Å². The van der Waals surface area contributed by atoms with Crippen molar-refractivity contribution >= 4 is 5.91 Å². The molecule has 4 nitrogen and oxygen atoms in total. The van der Waals surface area contributed by atoms with Crippen molar-refractivity contribution in [3.05, 3.63) is 29.3 Å². The lowest BCUT2D eigenvalue weighted by molar-refractivity contribution is -0.120. The first-order valence-electron chi connectivity index (χ1n) is 6.16. The van der Waals surface area contributed by atoms with Gasteiger partial charge in [0.25, 0.3) is 0 Å². The van der Waals surface area contributed by atoms with Gasteiger partial charge in [0.15, 0.2) is 0 Å². The normalized spacial score (nSPS) is 10.5. The summed E-state index contributed by atoms with van der Waals surface area (Å²) >= 11 is 0. The average molecular weight is 250 g/mol. The van der Waals surface area contributed by atoms with Gasteiger partial charge in [-0.1, -0.05) is 26.0 Å². The van der Waals surface area contributed by atoms with Gasteiger partial charge in [-0.05, 0) is 24.1 Å². The van der Waals surface area contributed by atoms with Crippen LogP contribution in [0.15, 0.2) is 18.2 Å². The van der Waals surface area contributed by atoms with Crippen molar-refractivity contribution in [1.29, 1.82) is 0 Å². The molecule has 0 unspecified atom stereocenters. The number of carbonyl (C=O) groups excluding carboxylic acids is 1. The molecule has 0 aliphatic rings. The maximum absolute atomic E-state index is 11.5. The standard InChI is InChI=1S/C14H22N2O2/c1-10(2)15-9-14(17)16-8-12-5-6-13(18-4)11(3)7-12/h5-7,10,15H,8-9H2,1-4H3,(H,16,17). The van der Waals surface area contributed by atoms with E-state index in [-0.39, 0.29) is 5.91 Å².